The molecule has 2 rings (SSSR count). The fraction of sp³-hybridized carbons (Fsp3) is 1.00. The zero-order valence-electron chi connectivity index (χ0n) is 10.9. The molecule has 0 amide bonds. The van der Waals surface area contributed by atoms with Crippen LogP contribution in [0.4, 0.5) is 0 Å². The lowest BCUT2D eigenvalue weighted by Crippen LogP contribution is -2.63. The van der Waals surface area contributed by atoms with Gasteiger partial charge in [0.25, 0.3) is 0 Å². The molecule has 4 unspecified atom stereocenters. The molecule has 94 valence electrons. The van der Waals surface area contributed by atoms with E-state index in [1.54, 1.807) is 0 Å². The first-order valence-electron chi connectivity index (χ1n) is 6.68. The lowest BCUT2D eigenvalue weighted by molar-refractivity contribution is -0.101. The first-order valence-corrected chi connectivity index (χ1v) is 6.68. The van der Waals surface area contributed by atoms with Gasteiger partial charge in [-0.2, -0.15) is 0 Å². The van der Waals surface area contributed by atoms with Gasteiger partial charge in [0, 0.05) is 24.7 Å². The first-order chi connectivity index (χ1) is 7.60. The van der Waals surface area contributed by atoms with Crippen LogP contribution in [0.5, 0.6) is 0 Å². The highest BCUT2D eigenvalue weighted by atomic mass is 16.5. The molecular weight excluding hydrogens is 200 g/mol. The molecule has 1 heterocycles. The van der Waals surface area contributed by atoms with Crippen LogP contribution in [-0.4, -0.2) is 42.3 Å². The Morgan fingerprint density at radius 3 is 2.69 bits per heavy atom. The van der Waals surface area contributed by atoms with E-state index in [2.05, 4.69) is 25.7 Å². The Kier molecular flexibility index (Phi) is 3.57. The summed E-state index contributed by atoms with van der Waals surface area (Å²) in [7, 11) is 0. The van der Waals surface area contributed by atoms with E-state index in [0.29, 0.717) is 12.1 Å². The molecule has 0 aromatic heterocycles. The summed E-state index contributed by atoms with van der Waals surface area (Å²) in [6.07, 6.45) is 4.28. The van der Waals surface area contributed by atoms with E-state index < -0.39 is 0 Å². The van der Waals surface area contributed by atoms with E-state index in [9.17, 15) is 0 Å². The van der Waals surface area contributed by atoms with E-state index in [1.807, 2.05) is 0 Å². The van der Waals surface area contributed by atoms with Gasteiger partial charge in [0.15, 0.2) is 0 Å². The van der Waals surface area contributed by atoms with Gasteiger partial charge < -0.3 is 10.5 Å². The van der Waals surface area contributed by atoms with Gasteiger partial charge in [-0.1, -0.05) is 13.3 Å². The molecule has 0 spiro atoms. The Hall–Kier alpha value is -0.120. The molecule has 1 aliphatic heterocycles. The Morgan fingerprint density at radius 2 is 2.12 bits per heavy atom. The maximum Gasteiger partial charge on any atom is 0.0675 e. The number of ether oxygens (including phenoxy) is 1. The SMILES string of the molecule is CC1CN(C2(CN)CCCC2C)C(C)CO1. The minimum Gasteiger partial charge on any atom is -0.376 e. The average Bonchev–Trinajstić information content (AvgIpc) is 2.64. The van der Waals surface area contributed by atoms with Crippen LogP contribution in [-0.2, 0) is 4.74 Å². The summed E-state index contributed by atoms with van der Waals surface area (Å²) in [5, 5.41) is 0. The van der Waals surface area contributed by atoms with Crippen molar-refractivity contribution in [2.45, 2.75) is 57.7 Å². The molecule has 4 atom stereocenters. The van der Waals surface area contributed by atoms with E-state index in [-0.39, 0.29) is 5.54 Å². The van der Waals surface area contributed by atoms with Crippen LogP contribution in [0, 0.1) is 5.92 Å². The number of nitrogens with two attached hydrogens (primary N) is 1. The van der Waals surface area contributed by atoms with Crippen LogP contribution >= 0.6 is 0 Å². The van der Waals surface area contributed by atoms with Crippen LogP contribution in [0.15, 0.2) is 0 Å². The van der Waals surface area contributed by atoms with Crippen molar-refractivity contribution in [1.82, 2.24) is 4.90 Å². The monoisotopic (exact) mass is 226 g/mol. The largest absolute Gasteiger partial charge is 0.376 e. The second-order valence-corrected chi connectivity index (χ2v) is 5.75. The second-order valence-electron chi connectivity index (χ2n) is 5.75. The zero-order chi connectivity index (χ0) is 11.8. The van der Waals surface area contributed by atoms with Gasteiger partial charge in [-0.05, 0) is 32.6 Å². The number of rotatable bonds is 2. The highest BCUT2D eigenvalue weighted by Gasteiger charge is 2.47. The van der Waals surface area contributed by atoms with Crippen molar-refractivity contribution < 1.29 is 4.74 Å². The molecule has 2 fully saturated rings. The fourth-order valence-electron chi connectivity index (χ4n) is 3.60. The molecule has 0 radical (unpaired) electrons. The van der Waals surface area contributed by atoms with Crippen molar-refractivity contribution in [2.24, 2.45) is 11.7 Å². The topological polar surface area (TPSA) is 38.5 Å². The maximum absolute atomic E-state index is 6.12. The van der Waals surface area contributed by atoms with Crippen molar-refractivity contribution >= 4 is 0 Å². The summed E-state index contributed by atoms with van der Waals surface area (Å²) in [5.74, 6) is 0.727. The number of nitrogens with zero attached hydrogens (tertiary/aromatic N) is 1. The van der Waals surface area contributed by atoms with Crippen LogP contribution in [0.2, 0.25) is 0 Å². The number of hydrogen-bond donors (Lipinski definition) is 1. The quantitative estimate of drug-likeness (QED) is 0.777. The molecule has 3 heteroatoms. The van der Waals surface area contributed by atoms with E-state index in [4.69, 9.17) is 10.5 Å². The van der Waals surface area contributed by atoms with E-state index >= 15 is 0 Å². The predicted octanol–water partition coefficient (Wildman–Crippen LogP) is 1.61. The lowest BCUT2D eigenvalue weighted by Gasteiger charge is -2.50. The first kappa shape index (κ1) is 12.3. The summed E-state index contributed by atoms with van der Waals surface area (Å²) < 4.78 is 5.72. The summed E-state index contributed by atoms with van der Waals surface area (Å²) in [4.78, 5) is 2.64. The molecule has 2 aliphatic rings. The normalized spacial score (nSPS) is 46.1. The van der Waals surface area contributed by atoms with Crippen molar-refractivity contribution in [3.05, 3.63) is 0 Å². The van der Waals surface area contributed by atoms with E-state index in [0.717, 1.165) is 25.6 Å². The number of morpholine rings is 1. The van der Waals surface area contributed by atoms with Crippen LogP contribution in [0.3, 0.4) is 0 Å². The Balaban J connectivity index is 2.19. The molecule has 1 aliphatic carbocycles. The molecule has 1 saturated carbocycles. The van der Waals surface area contributed by atoms with Gasteiger partial charge in [-0.15, -0.1) is 0 Å². The molecule has 16 heavy (non-hydrogen) atoms. The standard InChI is InChI=1S/C13H26N2O/c1-10-5-4-6-13(10,9-14)15-7-12(3)16-8-11(15)2/h10-12H,4-9,14H2,1-3H3. The third kappa shape index (κ3) is 1.89. The third-order valence-corrected chi connectivity index (χ3v) is 4.70. The zero-order valence-corrected chi connectivity index (χ0v) is 10.9. The highest BCUT2D eigenvalue weighted by Crippen LogP contribution is 2.41. The van der Waals surface area contributed by atoms with Crippen LogP contribution in [0.25, 0.3) is 0 Å². The van der Waals surface area contributed by atoms with Crippen molar-refractivity contribution in [1.29, 1.82) is 0 Å². The van der Waals surface area contributed by atoms with Crippen molar-refractivity contribution in [3.63, 3.8) is 0 Å². The molecule has 0 aromatic rings. The molecule has 0 aromatic carbocycles. The Morgan fingerprint density at radius 1 is 1.38 bits per heavy atom. The highest BCUT2D eigenvalue weighted by molar-refractivity contribution is 5.02. The van der Waals surface area contributed by atoms with Gasteiger partial charge in [0.2, 0.25) is 0 Å². The average molecular weight is 226 g/mol. The van der Waals surface area contributed by atoms with Gasteiger partial charge in [0.05, 0.1) is 12.7 Å². The van der Waals surface area contributed by atoms with Gasteiger partial charge >= 0.3 is 0 Å². The van der Waals surface area contributed by atoms with Gasteiger partial charge in [-0.25, -0.2) is 0 Å². The second kappa shape index (κ2) is 4.63. The third-order valence-electron chi connectivity index (χ3n) is 4.70. The summed E-state index contributed by atoms with van der Waals surface area (Å²) >= 11 is 0. The van der Waals surface area contributed by atoms with Crippen LogP contribution < -0.4 is 5.73 Å². The molecule has 1 saturated heterocycles. The summed E-state index contributed by atoms with van der Waals surface area (Å²) in [6, 6.07) is 0.514. The Labute approximate surface area is 99.3 Å². The minimum absolute atomic E-state index is 0.247. The van der Waals surface area contributed by atoms with Gasteiger partial charge in [0.1, 0.15) is 0 Å². The molecule has 2 N–H and O–H groups in total. The van der Waals surface area contributed by atoms with E-state index in [1.165, 1.54) is 19.3 Å². The molecular formula is C13H26N2O. The fourth-order valence-corrected chi connectivity index (χ4v) is 3.60. The minimum atomic E-state index is 0.247. The molecule has 3 nitrogen and oxygen atoms in total. The molecule has 0 bridgehead atoms. The lowest BCUT2D eigenvalue weighted by atomic mass is 9.84. The summed E-state index contributed by atoms with van der Waals surface area (Å²) in [5.41, 5.74) is 6.36. The van der Waals surface area contributed by atoms with Gasteiger partial charge in [-0.3, -0.25) is 4.90 Å². The summed E-state index contributed by atoms with van der Waals surface area (Å²) in [6.45, 7) is 9.51. The smallest absolute Gasteiger partial charge is 0.0675 e. The number of hydrogen-bond acceptors (Lipinski definition) is 3. The van der Waals surface area contributed by atoms with Crippen molar-refractivity contribution in [3.8, 4) is 0 Å². The van der Waals surface area contributed by atoms with Crippen molar-refractivity contribution in [2.75, 3.05) is 19.7 Å². The Bertz CT molecular complexity index is 246. The van der Waals surface area contributed by atoms with Crippen LogP contribution in [0.1, 0.15) is 40.0 Å². The predicted molar refractivity (Wildman–Crippen MR) is 66.4 cm³/mol. The maximum atomic E-state index is 6.12.